The second-order valence-corrected chi connectivity index (χ2v) is 7.40. The van der Waals surface area contributed by atoms with Crippen LogP contribution in [0.2, 0.25) is 0 Å². The molecule has 2 aliphatic heterocycles. The van der Waals surface area contributed by atoms with E-state index in [2.05, 4.69) is 0 Å². The van der Waals surface area contributed by atoms with Gasteiger partial charge >= 0.3 is 0 Å². The Morgan fingerprint density at radius 1 is 0.931 bits per heavy atom. The molecule has 7 nitrogen and oxygen atoms in total. The first-order valence-corrected chi connectivity index (χ1v) is 9.50. The van der Waals surface area contributed by atoms with Crippen LogP contribution >= 0.6 is 0 Å². The fourth-order valence-corrected chi connectivity index (χ4v) is 4.88. The molecule has 0 N–H and O–H groups in total. The molecule has 0 aromatic heterocycles. The lowest BCUT2D eigenvalue weighted by Gasteiger charge is -2.35. The molecule has 0 saturated carbocycles. The van der Waals surface area contributed by atoms with Crippen LogP contribution in [-0.2, 0) is 9.53 Å². The first-order chi connectivity index (χ1) is 14.2. The quantitative estimate of drug-likeness (QED) is 0.717. The monoisotopic (exact) mass is 398 g/mol. The molecule has 2 bridgehead atoms. The molecule has 152 valence electrons. The lowest BCUT2D eigenvalue weighted by molar-refractivity contribution is -0.113. The van der Waals surface area contributed by atoms with Gasteiger partial charge in [0.05, 0.1) is 40.0 Å². The van der Waals surface area contributed by atoms with Crippen LogP contribution in [0.4, 0.5) is 0 Å². The van der Waals surface area contributed by atoms with Crippen LogP contribution in [-0.4, -0.2) is 41.0 Å². The largest absolute Gasteiger partial charge is 0.493 e. The molecular weight excluding hydrogens is 376 g/mol. The smallest absolute Gasteiger partial charge is 0.231 e. The summed E-state index contributed by atoms with van der Waals surface area (Å²) in [5, 5.41) is 0. The maximum Gasteiger partial charge on any atom is 0.231 e. The van der Waals surface area contributed by atoms with Crippen LogP contribution in [0.3, 0.4) is 0 Å². The summed E-state index contributed by atoms with van der Waals surface area (Å²) in [7, 11) is 4.77. The number of methoxy groups -OCH3 is 3. The van der Waals surface area contributed by atoms with Crippen molar-refractivity contribution in [3.63, 3.8) is 0 Å². The van der Waals surface area contributed by atoms with Gasteiger partial charge in [0, 0.05) is 11.8 Å². The van der Waals surface area contributed by atoms with Crippen molar-refractivity contribution < 1.29 is 33.2 Å². The second-order valence-electron chi connectivity index (χ2n) is 7.40. The van der Waals surface area contributed by atoms with Gasteiger partial charge in [0.1, 0.15) is 6.29 Å². The summed E-state index contributed by atoms with van der Waals surface area (Å²) < 4.78 is 33.8. The van der Waals surface area contributed by atoms with Gasteiger partial charge in [0.15, 0.2) is 23.0 Å². The van der Waals surface area contributed by atoms with Gasteiger partial charge in [-0.2, -0.15) is 0 Å². The number of rotatable bonds is 5. The van der Waals surface area contributed by atoms with E-state index in [4.69, 9.17) is 28.4 Å². The number of aldehydes is 1. The molecule has 2 aromatic rings. The van der Waals surface area contributed by atoms with Crippen molar-refractivity contribution >= 4 is 6.29 Å². The fraction of sp³-hybridized carbons (Fsp3) is 0.409. The van der Waals surface area contributed by atoms with Gasteiger partial charge in [0.25, 0.3) is 0 Å². The first kappa shape index (κ1) is 18.1. The predicted octanol–water partition coefficient (Wildman–Crippen LogP) is 3.09. The molecule has 4 atom stereocenters. The summed E-state index contributed by atoms with van der Waals surface area (Å²) in [4.78, 5) is 12.0. The van der Waals surface area contributed by atoms with Crippen molar-refractivity contribution in [3.05, 3.63) is 41.0 Å². The molecule has 29 heavy (non-hydrogen) atoms. The zero-order valence-corrected chi connectivity index (χ0v) is 16.5. The molecule has 1 fully saturated rings. The Labute approximate surface area is 168 Å². The van der Waals surface area contributed by atoms with E-state index >= 15 is 0 Å². The van der Waals surface area contributed by atoms with E-state index in [-0.39, 0.29) is 30.7 Å². The Morgan fingerprint density at radius 2 is 1.59 bits per heavy atom. The van der Waals surface area contributed by atoms with E-state index in [1.165, 1.54) is 0 Å². The van der Waals surface area contributed by atoms with Crippen LogP contribution in [0.1, 0.15) is 28.7 Å². The normalized spacial score (nSPS) is 26.0. The zero-order chi connectivity index (χ0) is 20.1. The highest BCUT2D eigenvalue weighted by Gasteiger charge is 2.50. The summed E-state index contributed by atoms with van der Waals surface area (Å²) in [6.07, 6.45) is 0.751. The lowest BCUT2D eigenvalue weighted by Crippen LogP contribution is -2.29. The van der Waals surface area contributed by atoms with E-state index in [0.717, 1.165) is 23.0 Å². The number of benzene rings is 2. The molecule has 2 aromatic carbocycles. The third kappa shape index (κ3) is 2.57. The minimum atomic E-state index is -0.264. The minimum Gasteiger partial charge on any atom is -0.493 e. The topological polar surface area (TPSA) is 72.5 Å². The van der Waals surface area contributed by atoms with Gasteiger partial charge in [-0.3, -0.25) is 0 Å². The molecular formula is C22H22O7. The van der Waals surface area contributed by atoms with Crippen molar-refractivity contribution in [1.29, 1.82) is 0 Å². The van der Waals surface area contributed by atoms with Gasteiger partial charge in [-0.1, -0.05) is 0 Å². The van der Waals surface area contributed by atoms with Gasteiger partial charge in [0.2, 0.25) is 12.5 Å². The van der Waals surface area contributed by atoms with Crippen molar-refractivity contribution in [2.24, 2.45) is 11.8 Å². The van der Waals surface area contributed by atoms with E-state index in [1.807, 2.05) is 24.3 Å². The van der Waals surface area contributed by atoms with Crippen LogP contribution in [0, 0.1) is 11.8 Å². The maximum atomic E-state index is 12.0. The molecule has 0 spiro atoms. The van der Waals surface area contributed by atoms with E-state index < -0.39 is 0 Å². The zero-order valence-electron chi connectivity index (χ0n) is 16.5. The highest BCUT2D eigenvalue weighted by molar-refractivity contribution is 5.64. The number of ether oxygens (including phenoxy) is 6. The molecule has 3 aliphatic rings. The van der Waals surface area contributed by atoms with Gasteiger partial charge in [-0.05, 0) is 41.0 Å². The molecule has 5 rings (SSSR count). The van der Waals surface area contributed by atoms with E-state index in [0.29, 0.717) is 35.4 Å². The molecule has 7 heteroatoms. The molecule has 0 amide bonds. The van der Waals surface area contributed by atoms with Crippen molar-refractivity contribution in [3.8, 4) is 28.7 Å². The SMILES string of the molecule is COc1cc([C@@H]2c3cc4c(cc3[C@@H]3OC[C@@H]2[C@H]3C=O)OCO4)cc(OC)c1OC. The summed E-state index contributed by atoms with van der Waals surface area (Å²) in [6.45, 7) is 0.690. The molecule has 1 aliphatic carbocycles. The second kappa shape index (κ2) is 6.84. The fourth-order valence-electron chi connectivity index (χ4n) is 4.88. The number of fused-ring (bicyclic) bond motifs is 5. The average Bonchev–Trinajstić information content (AvgIpc) is 3.35. The minimum absolute atomic E-state index is 0.00757. The number of hydrogen-bond donors (Lipinski definition) is 0. The Balaban J connectivity index is 1.72. The predicted molar refractivity (Wildman–Crippen MR) is 102 cm³/mol. The van der Waals surface area contributed by atoms with E-state index in [1.54, 1.807) is 21.3 Å². The van der Waals surface area contributed by atoms with Crippen molar-refractivity contribution in [1.82, 2.24) is 0 Å². The molecule has 0 unspecified atom stereocenters. The Kier molecular flexibility index (Phi) is 4.28. The number of carbonyl (C=O) groups is 1. The van der Waals surface area contributed by atoms with Crippen molar-refractivity contribution in [2.45, 2.75) is 12.0 Å². The number of hydrogen-bond acceptors (Lipinski definition) is 7. The Hall–Kier alpha value is -2.93. The average molecular weight is 398 g/mol. The first-order valence-electron chi connectivity index (χ1n) is 9.50. The molecule has 0 radical (unpaired) electrons. The third-order valence-electron chi connectivity index (χ3n) is 6.16. The summed E-state index contributed by atoms with van der Waals surface area (Å²) in [5.74, 6) is 2.78. The maximum absolute atomic E-state index is 12.0. The van der Waals surface area contributed by atoms with E-state index in [9.17, 15) is 4.79 Å². The van der Waals surface area contributed by atoms with Crippen LogP contribution < -0.4 is 23.7 Å². The van der Waals surface area contributed by atoms with Gasteiger partial charge in [-0.25, -0.2) is 0 Å². The van der Waals surface area contributed by atoms with Gasteiger partial charge in [-0.15, -0.1) is 0 Å². The molecule has 2 heterocycles. The summed E-state index contributed by atoms with van der Waals surface area (Å²) >= 11 is 0. The highest BCUT2D eigenvalue weighted by Crippen LogP contribution is 2.57. The highest BCUT2D eigenvalue weighted by atomic mass is 16.7. The summed E-state index contributed by atoms with van der Waals surface area (Å²) in [5.41, 5.74) is 3.02. The Bertz CT molecular complexity index is 945. The van der Waals surface area contributed by atoms with Crippen LogP contribution in [0.5, 0.6) is 28.7 Å². The summed E-state index contributed by atoms with van der Waals surface area (Å²) in [6, 6.07) is 7.86. The number of carbonyl (C=O) groups excluding carboxylic acids is 1. The lowest BCUT2D eigenvalue weighted by atomic mass is 9.67. The van der Waals surface area contributed by atoms with Gasteiger partial charge < -0.3 is 33.2 Å². The van der Waals surface area contributed by atoms with Crippen molar-refractivity contribution in [2.75, 3.05) is 34.7 Å². The van der Waals surface area contributed by atoms with Crippen LogP contribution in [0.15, 0.2) is 24.3 Å². The van der Waals surface area contributed by atoms with Crippen LogP contribution in [0.25, 0.3) is 0 Å². The standard InChI is InChI=1S/C22H22O7/c1-24-18-4-11(5-19(25-2)22(18)26-3)20-12-6-16-17(29-10-28-16)7-13(12)21-14(8-23)15(20)9-27-21/h4-8,14-15,20-21H,9-10H2,1-3H3/t14-,15-,20-,21+/m1/s1. The third-order valence-corrected chi connectivity index (χ3v) is 6.16. The Morgan fingerprint density at radius 3 is 2.17 bits per heavy atom. The molecule has 1 saturated heterocycles.